The van der Waals surface area contributed by atoms with E-state index < -0.39 is 5.91 Å². The van der Waals surface area contributed by atoms with Crippen LogP contribution >= 0.6 is 0 Å². The van der Waals surface area contributed by atoms with E-state index >= 15 is 0 Å². The number of carbonyl (C=O) groups excluding carboxylic acids is 1. The number of aromatic nitrogens is 1. The minimum Gasteiger partial charge on any atom is -0.491 e. The van der Waals surface area contributed by atoms with E-state index in [2.05, 4.69) is 10.5 Å². The van der Waals surface area contributed by atoms with Crippen LogP contribution in [0.15, 0.2) is 53.1 Å². The van der Waals surface area contributed by atoms with Crippen LogP contribution in [0.4, 0.5) is 10.2 Å². The zero-order valence-corrected chi connectivity index (χ0v) is 15.9. The van der Waals surface area contributed by atoms with Crippen LogP contribution in [0.3, 0.4) is 0 Å². The summed E-state index contributed by atoms with van der Waals surface area (Å²) in [5, 5.41) is 6.40. The summed E-state index contributed by atoms with van der Waals surface area (Å²) in [5.74, 6) is 1.02. The molecule has 2 aromatic carbocycles. The van der Waals surface area contributed by atoms with E-state index in [4.69, 9.17) is 14.0 Å². The molecule has 0 bridgehead atoms. The second-order valence-electron chi connectivity index (χ2n) is 6.52. The third-order valence-corrected chi connectivity index (χ3v) is 3.74. The molecule has 0 aliphatic rings. The molecular formula is C21H21FN2O4. The normalized spacial score (nSPS) is 10.8. The zero-order valence-electron chi connectivity index (χ0n) is 15.9. The summed E-state index contributed by atoms with van der Waals surface area (Å²) >= 11 is 0. The molecule has 6 nitrogen and oxygen atoms in total. The highest BCUT2D eigenvalue weighted by Crippen LogP contribution is 2.26. The molecule has 1 heterocycles. The maximum absolute atomic E-state index is 13.8. The van der Waals surface area contributed by atoms with Gasteiger partial charge in [-0.2, -0.15) is 0 Å². The van der Waals surface area contributed by atoms with Gasteiger partial charge in [0.25, 0.3) is 5.91 Å². The van der Waals surface area contributed by atoms with Gasteiger partial charge < -0.3 is 19.3 Å². The number of benzene rings is 2. The summed E-state index contributed by atoms with van der Waals surface area (Å²) in [5.41, 5.74) is 0.740. The third-order valence-electron chi connectivity index (χ3n) is 3.74. The summed E-state index contributed by atoms with van der Waals surface area (Å²) in [6.07, 6.45) is -0.0871. The smallest absolute Gasteiger partial charge is 0.257 e. The molecule has 3 aromatic rings. The van der Waals surface area contributed by atoms with Gasteiger partial charge in [0.1, 0.15) is 29.7 Å². The predicted molar refractivity (Wildman–Crippen MR) is 102 cm³/mol. The Kier molecular flexibility index (Phi) is 5.93. The molecule has 0 aliphatic heterocycles. The Morgan fingerprint density at radius 1 is 1.18 bits per heavy atom. The molecule has 0 radical (unpaired) electrons. The van der Waals surface area contributed by atoms with Crippen molar-refractivity contribution in [3.8, 4) is 11.5 Å². The molecule has 7 heteroatoms. The summed E-state index contributed by atoms with van der Waals surface area (Å²) in [7, 11) is 0. The van der Waals surface area contributed by atoms with E-state index in [-0.39, 0.29) is 18.5 Å². The molecule has 28 heavy (non-hydrogen) atoms. The molecule has 1 aromatic heterocycles. The Morgan fingerprint density at radius 2 is 1.93 bits per heavy atom. The van der Waals surface area contributed by atoms with Crippen LogP contribution in [0.5, 0.6) is 11.5 Å². The summed E-state index contributed by atoms with van der Waals surface area (Å²) < 4.78 is 30.2. The van der Waals surface area contributed by atoms with Gasteiger partial charge in [-0.05, 0) is 39.0 Å². The fourth-order valence-corrected chi connectivity index (χ4v) is 2.52. The summed E-state index contributed by atoms with van der Waals surface area (Å²) in [4.78, 5) is 12.6. The van der Waals surface area contributed by atoms with Gasteiger partial charge in [-0.15, -0.1) is 0 Å². The maximum atomic E-state index is 13.8. The predicted octanol–water partition coefficient (Wildman–Crippen LogP) is 4.74. The van der Waals surface area contributed by atoms with Gasteiger partial charge in [-0.1, -0.05) is 23.4 Å². The molecule has 1 N–H and O–H groups in total. The lowest BCUT2D eigenvalue weighted by Gasteiger charge is -2.14. The first kappa shape index (κ1) is 19.4. The quantitative estimate of drug-likeness (QED) is 0.637. The largest absolute Gasteiger partial charge is 0.491 e. The van der Waals surface area contributed by atoms with E-state index in [1.165, 1.54) is 6.07 Å². The van der Waals surface area contributed by atoms with Gasteiger partial charge in [0.2, 0.25) is 0 Å². The Hall–Kier alpha value is -3.35. The number of nitrogens with zero attached hydrogens (tertiary/aromatic N) is 1. The number of carbonyl (C=O) groups is 1. The van der Waals surface area contributed by atoms with E-state index in [9.17, 15) is 9.18 Å². The number of halogens is 1. The molecule has 3 rings (SSSR count). The minimum atomic E-state index is -0.391. The molecule has 1 amide bonds. The van der Waals surface area contributed by atoms with Gasteiger partial charge in [-0.25, -0.2) is 4.39 Å². The topological polar surface area (TPSA) is 73.6 Å². The van der Waals surface area contributed by atoms with Gasteiger partial charge in [0, 0.05) is 23.3 Å². The van der Waals surface area contributed by atoms with Crippen molar-refractivity contribution in [1.29, 1.82) is 0 Å². The van der Waals surface area contributed by atoms with Crippen LogP contribution in [-0.2, 0) is 6.61 Å². The average molecular weight is 384 g/mol. The highest BCUT2D eigenvalue weighted by molar-refractivity contribution is 6.04. The van der Waals surface area contributed by atoms with Gasteiger partial charge in [0.15, 0.2) is 5.82 Å². The Morgan fingerprint density at radius 3 is 2.61 bits per heavy atom. The fourth-order valence-electron chi connectivity index (χ4n) is 2.52. The highest BCUT2D eigenvalue weighted by atomic mass is 19.1. The maximum Gasteiger partial charge on any atom is 0.257 e. The van der Waals surface area contributed by atoms with Crippen molar-refractivity contribution in [3.63, 3.8) is 0 Å². The first-order valence-corrected chi connectivity index (χ1v) is 8.83. The summed E-state index contributed by atoms with van der Waals surface area (Å²) in [6, 6.07) is 12.8. The van der Waals surface area contributed by atoms with Crippen LogP contribution in [-0.4, -0.2) is 17.2 Å². The van der Waals surface area contributed by atoms with E-state index in [1.54, 1.807) is 49.4 Å². The molecule has 0 unspecified atom stereocenters. The standard InChI is InChI=1S/C21H21FN2O4/c1-13(2)27-18-10-16(21(25)23-20-8-14(3)28-24-20)9-17(11-18)26-12-15-6-4-5-7-19(15)22/h4-11,13H,12H2,1-3H3,(H,23,24,25). The SMILES string of the molecule is Cc1cc(NC(=O)c2cc(OCc3ccccc3F)cc(OC(C)C)c2)no1. The Balaban J connectivity index is 1.81. The van der Waals surface area contributed by atoms with Gasteiger partial charge >= 0.3 is 0 Å². The molecule has 146 valence electrons. The number of ether oxygens (including phenoxy) is 2. The monoisotopic (exact) mass is 384 g/mol. The second-order valence-corrected chi connectivity index (χ2v) is 6.52. The molecular weight excluding hydrogens is 363 g/mol. The van der Waals surface area contributed by atoms with E-state index in [0.29, 0.717) is 34.2 Å². The van der Waals surface area contributed by atoms with Crippen molar-refractivity contribution in [3.05, 3.63) is 71.2 Å². The molecule has 0 fully saturated rings. The number of nitrogens with one attached hydrogen (secondary N) is 1. The van der Waals surface area contributed by atoms with Gasteiger partial charge in [-0.3, -0.25) is 4.79 Å². The summed E-state index contributed by atoms with van der Waals surface area (Å²) in [6.45, 7) is 5.52. The second kappa shape index (κ2) is 8.56. The fraction of sp³-hybridized carbons (Fsp3) is 0.238. The van der Waals surface area contributed by atoms with Crippen molar-refractivity contribution in [2.24, 2.45) is 0 Å². The highest BCUT2D eigenvalue weighted by Gasteiger charge is 2.14. The van der Waals surface area contributed by atoms with Crippen molar-refractivity contribution < 1.29 is 23.2 Å². The van der Waals surface area contributed by atoms with Gasteiger partial charge in [0.05, 0.1) is 6.10 Å². The number of anilines is 1. The zero-order chi connectivity index (χ0) is 20.1. The molecule has 0 atom stereocenters. The Bertz CT molecular complexity index is 969. The number of amides is 1. The van der Waals surface area contributed by atoms with Crippen molar-refractivity contribution in [2.75, 3.05) is 5.32 Å². The number of rotatable bonds is 7. The minimum absolute atomic E-state index is 0.0291. The number of aryl methyl sites for hydroxylation is 1. The molecule has 0 saturated carbocycles. The number of hydrogen-bond donors (Lipinski definition) is 1. The lowest BCUT2D eigenvalue weighted by atomic mass is 10.1. The molecule has 0 aliphatic carbocycles. The first-order chi connectivity index (χ1) is 13.4. The van der Waals surface area contributed by atoms with Crippen molar-refractivity contribution in [1.82, 2.24) is 5.16 Å². The average Bonchev–Trinajstić information content (AvgIpc) is 3.05. The molecule has 0 saturated heterocycles. The first-order valence-electron chi connectivity index (χ1n) is 8.83. The van der Waals surface area contributed by atoms with Crippen LogP contribution in [0, 0.1) is 12.7 Å². The van der Waals surface area contributed by atoms with E-state index in [1.807, 2.05) is 13.8 Å². The van der Waals surface area contributed by atoms with Crippen LogP contribution in [0.25, 0.3) is 0 Å². The third kappa shape index (κ3) is 5.09. The Labute approximate surface area is 162 Å². The number of hydrogen-bond acceptors (Lipinski definition) is 5. The molecule has 0 spiro atoms. The van der Waals surface area contributed by atoms with E-state index in [0.717, 1.165) is 0 Å². The van der Waals surface area contributed by atoms with Crippen molar-refractivity contribution in [2.45, 2.75) is 33.5 Å². The lowest BCUT2D eigenvalue weighted by Crippen LogP contribution is -2.13. The van der Waals surface area contributed by atoms with Crippen LogP contribution < -0.4 is 14.8 Å². The van der Waals surface area contributed by atoms with Crippen LogP contribution in [0.1, 0.15) is 35.5 Å². The lowest BCUT2D eigenvalue weighted by molar-refractivity contribution is 0.102. The van der Waals surface area contributed by atoms with Crippen molar-refractivity contribution >= 4 is 11.7 Å². The van der Waals surface area contributed by atoms with Crippen LogP contribution in [0.2, 0.25) is 0 Å².